The van der Waals surface area contributed by atoms with Crippen LogP contribution in [0.25, 0.3) is 0 Å². The molecule has 1 saturated heterocycles. The summed E-state index contributed by atoms with van der Waals surface area (Å²) in [5.41, 5.74) is 1.62. The fourth-order valence-electron chi connectivity index (χ4n) is 5.02. The fraction of sp³-hybridized carbons (Fsp3) is 0.581. The van der Waals surface area contributed by atoms with Gasteiger partial charge in [0.05, 0.1) is 31.5 Å². The maximum absolute atomic E-state index is 11.0. The largest absolute Gasteiger partial charge is 0.504 e. The SMILES string of the molecule is CCN[C@H](CCC(=O)O)COc1cc([C@@H]2C[C@@H](O)C[C@H](CCc3ccc(O)c(OCNC[C@H](C)O)c3)O2)cc(OC)c1O. The zero-order chi connectivity index (χ0) is 31.4. The quantitative estimate of drug-likeness (QED) is 0.0976. The molecular weight excluding hydrogens is 560 g/mol. The summed E-state index contributed by atoms with van der Waals surface area (Å²) < 4.78 is 23.3. The van der Waals surface area contributed by atoms with Crippen LogP contribution in [-0.4, -0.2) is 89.4 Å². The van der Waals surface area contributed by atoms with Gasteiger partial charge in [0.2, 0.25) is 5.75 Å². The molecule has 0 aromatic heterocycles. The summed E-state index contributed by atoms with van der Waals surface area (Å²) in [6, 6.07) is 8.27. The number of phenolic OH excluding ortho intramolecular Hbond substituents is 2. The Balaban J connectivity index is 1.66. The third-order valence-electron chi connectivity index (χ3n) is 7.22. The molecule has 1 fully saturated rings. The number of aliphatic carboxylic acids is 1. The van der Waals surface area contributed by atoms with E-state index < -0.39 is 24.3 Å². The van der Waals surface area contributed by atoms with Crippen LogP contribution in [0.4, 0.5) is 0 Å². The van der Waals surface area contributed by atoms with E-state index in [9.17, 15) is 25.2 Å². The molecule has 12 heteroatoms. The number of ether oxygens (including phenoxy) is 4. The topological polar surface area (TPSA) is 179 Å². The number of methoxy groups -OCH3 is 1. The third-order valence-corrected chi connectivity index (χ3v) is 7.22. The fourth-order valence-corrected chi connectivity index (χ4v) is 5.02. The molecule has 0 saturated carbocycles. The van der Waals surface area contributed by atoms with Crippen LogP contribution in [-0.2, 0) is 16.0 Å². The van der Waals surface area contributed by atoms with E-state index >= 15 is 0 Å². The maximum atomic E-state index is 11.0. The van der Waals surface area contributed by atoms with Crippen LogP contribution in [0.5, 0.6) is 28.7 Å². The minimum atomic E-state index is -0.891. The lowest BCUT2D eigenvalue weighted by molar-refractivity contribution is -0.137. The van der Waals surface area contributed by atoms with Gasteiger partial charge in [0.1, 0.15) is 13.3 Å². The van der Waals surface area contributed by atoms with Crippen molar-refractivity contribution in [1.82, 2.24) is 10.6 Å². The molecule has 0 bridgehead atoms. The molecule has 1 aliphatic heterocycles. The molecule has 12 nitrogen and oxygen atoms in total. The molecule has 2 aromatic rings. The van der Waals surface area contributed by atoms with Crippen molar-refractivity contribution < 1.29 is 49.3 Å². The first kappa shape index (κ1) is 34.2. The van der Waals surface area contributed by atoms with Crippen LogP contribution < -0.4 is 24.8 Å². The number of carbonyl (C=O) groups is 1. The predicted octanol–water partition coefficient (Wildman–Crippen LogP) is 2.85. The van der Waals surface area contributed by atoms with E-state index in [4.69, 9.17) is 24.1 Å². The summed E-state index contributed by atoms with van der Waals surface area (Å²) in [4.78, 5) is 11.0. The van der Waals surface area contributed by atoms with Crippen molar-refractivity contribution in [2.24, 2.45) is 0 Å². The van der Waals surface area contributed by atoms with Gasteiger partial charge in [0, 0.05) is 25.4 Å². The monoisotopic (exact) mass is 606 g/mol. The molecule has 0 radical (unpaired) electrons. The van der Waals surface area contributed by atoms with Gasteiger partial charge in [-0.2, -0.15) is 0 Å². The van der Waals surface area contributed by atoms with Gasteiger partial charge in [-0.1, -0.05) is 13.0 Å². The lowest BCUT2D eigenvalue weighted by Crippen LogP contribution is -2.35. The third kappa shape index (κ3) is 11.0. The number of hydrogen-bond acceptors (Lipinski definition) is 11. The van der Waals surface area contributed by atoms with E-state index in [1.165, 1.54) is 7.11 Å². The average Bonchev–Trinajstić information content (AvgIpc) is 2.97. The van der Waals surface area contributed by atoms with Crippen LogP contribution in [0.1, 0.15) is 63.2 Å². The molecule has 0 aliphatic carbocycles. The predicted molar refractivity (Wildman–Crippen MR) is 159 cm³/mol. The molecule has 3 rings (SSSR count). The zero-order valence-corrected chi connectivity index (χ0v) is 25.1. The van der Waals surface area contributed by atoms with Gasteiger partial charge in [-0.15, -0.1) is 0 Å². The Labute approximate surface area is 252 Å². The van der Waals surface area contributed by atoms with E-state index in [1.807, 2.05) is 13.0 Å². The minimum Gasteiger partial charge on any atom is -0.504 e. The maximum Gasteiger partial charge on any atom is 0.303 e. The summed E-state index contributed by atoms with van der Waals surface area (Å²) in [6.07, 6.45) is 0.597. The Morgan fingerprint density at radius 1 is 1.12 bits per heavy atom. The van der Waals surface area contributed by atoms with Gasteiger partial charge in [-0.25, -0.2) is 0 Å². The van der Waals surface area contributed by atoms with Gasteiger partial charge in [-0.3, -0.25) is 10.1 Å². The van der Waals surface area contributed by atoms with Gasteiger partial charge in [0.25, 0.3) is 0 Å². The second-order valence-electron chi connectivity index (χ2n) is 10.9. The molecule has 43 heavy (non-hydrogen) atoms. The molecule has 0 amide bonds. The lowest BCUT2D eigenvalue weighted by atomic mass is 9.93. The molecule has 0 spiro atoms. The first-order valence-electron chi connectivity index (χ1n) is 14.7. The summed E-state index contributed by atoms with van der Waals surface area (Å²) in [5.74, 6) is -0.312. The molecule has 240 valence electrons. The van der Waals surface area contributed by atoms with Crippen molar-refractivity contribution in [3.63, 3.8) is 0 Å². The Bertz CT molecular complexity index is 1160. The highest BCUT2D eigenvalue weighted by Crippen LogP contribution is 2.42. The number of carboxylic acids is 1. The number of nitrogens with one attached hydrogen (secondary N) is 2. The van der Waals surface area contributed by atoms with E-state index in [2.05, 4.69) is 10.6 Å². The zero-order valence-electron chi connectivity index (χ0n) is 25.1. The summed E-state index contributed by atoms with van der Waals surface area (Å²) >= 11 is 0. The van der Waals surface area contributed by atoms with E-state index in [0.29, 0.717) is 56.5 Å². The van der Waals surface area contributed by atoms with Crippen LogP contribution >= 0.6 is 0 Å². The van der Waals surface area contributed by atoms with Gasteiger partial charge >= 0.3 is 5.97 Å². The molecule has 2 aromatic carbocycles. The van der Waals surface area contributed by atoms with Crippen LogP contribution in [0.3, 0.4) is 0 Å². The van der Waals surface area contributed by atoms with Gasteiger partial charge in [0.15, 0.2) is 23.0 Å². The molecule has 0 unspecified atom stereocenters. The van der Waals surface area contributed by atoms with Gasteiger partial charge in [-0.05, 0) is 74.5 Å². The van der Waals surface area contributed by atoms with Gasteiger partial charge < -0.3 is 49.8 Å². The summed E-state index contributed by atoms with van der Waals surface area (Å²) in [6.45, 7) is 4.88. The molecule has 5 atom stereocenters. The highest BCUT2D eigenvalue weighted by molar-refractivity contribution is 5.66. The minimum absolute atomic E-state index is 0.00871. The van der Waals surface area contributed by atoms with Crippen LogP contribution in [0, 0.1) is 0 Å². The number of aryl methyl sites for hydroxylation is 1. The smallest absolute Gasteiger partial charge is 0.303 e. The average molecular weight is 607 g/mol. The number of aliphatic hydroxyl groups excluding tert-OH is 2. The number of aliphatic hydroxyl groups is 2. The van der Waals surface area contributed by atoms with Crippen molar-refractivity contribution in [3.8, 4) is 28.7 Å². The highest BCUT2D eigenvalue weighted by atomic mass is 16.5. The number of phenols is 2. The van der Waals surface area contributed by atoms with Crippen molar-refractivity contribution in [3.05, 3.63) is 41.5 Å². The van der Waals surface area contributed by atoms with E-state index in [1.54, 1.807) is 31.2 Å². The lowest BCUT2D eigenvalue weighted by Gasteiger charge is -2.34. The van der Waals surface area contributed by atoms with Crippen molar-refractivity contribution in [2.75, 3.05) is 33.5 Å². The second kappa shape index (κ2) is 17.1. The van der Waals surface area contributed by atoms with E-state index in [-0.39, 0.29) is 54.9 Å². The molecule has 7 N–H and O–H groups in total. The number of hydrogen-bond donors (Lipinski definition) is 7. The second-order valence-corrected chi connectivity index (χ2v) is 10.9. The summed E-state index contributed by atoms with van der Waals surface area (Å²) in [7, 11) is 1.44. The summed E-state index contributed by atoms with van der Waals surface area (Å²) in [5, 5.41) is 56.1. The standard InChI is InChI=1S/C31H46N2O10/c1-4-33-22(7-10-30(37)38)17-41-29-13-21(12-28(40-3)31(29)39)26-15-23(35)14-24(43-26)8-5-20-6-9-25(36)27(11-20)42-18-32-16-19(2)34/h6,9,11-13,19,22-24,26,32-36,39H,4-5,7-8,10,14-18H2,1-3H3,(H,37,38)/t19-,22+,23-,24-,26-/m0/s1. The Morgan fingerprint density at radius 3 is 2.58 bits per heavy atom. The first-order chi connectivity index (χ1) is 20.6. The number of aromatic hydroxyl groups is 2. The number of benzene rings is 2. The Hall–Kier alpha value is -3.29. The molecular formula is C31H46N2O10. The number of likely N-dealkylation sites (N-methyl/N-ethyl adjacent to an activating group) is 1. The first-order valence-corrected chi connectivity index (χ1v) is 14.7. The van der Waals surface area contributed by atoms with E-state index in [0.717, 1.165) is 5.56 Å². The van der Waals surface area contributed by atoms with Crippen LogP contribution in [0.2, 0.25) is 0 Å². The number of rotatable bonds is 18. The van der Waals surface area contributed by atoms with Crippen LogP contribution in [0.15, 0.2) is 30.3 Å². The van der Waals surface area contributed by atoms with Crippen molar-refractivity contribution in [1.29, 1.82) is 0 Å². The molecule has 1 heterocycles. The molecule has 1 aliphatic rings. The Kier molecular flexibility index (Phi) is 13.6. The normalized spacial score (nSPS) is 19.9. The number of carboxylic acid groups (broad SMARTS) is 1. The highest BCUT2D eigenvalue weighted by Gasteiger charge is 2.31. The van der Waals surface area contributed by atoms with Crippen molar-refractivity contribution in [2.45, 2.75) is 82.8 Å². The van der Waals surface area contributed by atoms with Crippen molar-refractivity contribution >= 4 is 5.97 Å². The Morgan fingerprint density at radius 2 is 1.88 bits per heavy atom.